The molecule has 1 aliphatic carbocycles. The first-order valence-electron chi connectivity index (χ1n) is 7.44. The van der Waals surface area contributed by atoms with Crippen LogP contribution in [-0.2, 0) is 0 Å². The molecular formula is C15H24N2O3. The fourth-order valence-electron chi connectivity index (χ4n) is 2.72. The van der Waals surface area contributed by atoms with Crippen LogP contribution in [0.15, 0.2) is 22.8 Å². The molecule has 5 heteroatoms. The van der Waals surface area contributed by atoms with Crippen LogP contribution >= 0.6 is 0 Å². The van der Waals surface area contributed by atoms with Gasteiger partial charge in [0.05, 0.1) is 12.8 Å². The van der Waals surface area contributed by atoms with E-state index in [0.717, 1.165) is 18.8 Å². The van der Waals surface area contributed by atoms with E-state index in [1.807, 2.05) is 0 Å². The van der Waals surface area contributed by atoms with E-state index in [1.165, 1.54) is 25.5 Å². The van der Waals surface area contributed by atoms with Gasteiger partial charge >= 0.3 is 6.03 Å². The Bertz CT molecular complexity index is 397. The summed E-state index contributed by atoms with van der Waals surface area (Å²) in [5.74, 6) is 1.28. The van der Waals surface area contributed by atoms with Gasteiger partial charge in [0.15, 0.2) is 0 Å². The van der Waals surface area contributed by atoms with Crippen molar-refractivity contribution >= 4 is 6.03 Å². The Morgan fingerprint density at radius 3 is 2.80 bits per heavy atom. The van der Waals surface area contributed by atoms with Crippen LogP contribution in [0.3, 0.4) is 0 Å². The quantitative estimate of drug-likeness (QED) is 0.776. The average Bonchev–Trinajstić information content (AvgIpc) is 3.00. The van der Waals surface area contributed by atoms with Crippen LogP contribution < -0.4 is 10.6 Å². The highest BCUT2D eigenvalue weighted by atomic mass is 16.4. The molecule has 3 N–H and O–H groups in total. The monoisotopic (exact) mass is 280 g/mol. The van der Waals surface area contributed by atoms with E-state index < -0.39 is 6.10 Å². The smallest absolute Gasteiger partial charge is 0.315 e. The molecule has 0 aromatic carbocycles. The first-order chi connectivity index (χ1) is 9.69. The van der Waals surface area contributed by atoms with Crippen molar-refractivity contribution in [3.05, 3.63) is 24.2 Å². The van der Waals surface area contributed by atoms with Crippen molar-refractivity contribution in [2.24, 2.45) is 5.92 Å². The molecule has 1 aromatic rings. The molecule has 20 heavy (non-hydrogen) atoms. The van der Waals surface area contributed by atoms with Crippen molar-refractivity contribution in [3.8, 4) is 0 Å². The Labute approximate surface area is 119 Å². The van der Waals surface area contributed by atoms with Gasteiger partial charge in [-0.25, -0.2) is 4.79 Å². The molecule has 5 nitrogen and oxygen atoms in total. The van der Waals surface area contributed by atoms with Crippen molar-refractivity contribution < 1.29 is 14.3 Å². The SMILES string of the molecule is CCC1CCC(NC(=O)NCC(O)c2ccco2)CC1. The van der Waals surface area contributed by atoms with Crippen LogP contribution in [0.4, 0.5) is 4.79 Å². The van der Waals surface area contributed by atoms with Crippen LogP contribution in [0.2, 0.25) is 0 Å². The summed E-state index contributed by atoms with van der Waals surface area (Å²) in [4.78, 5) is 11.8. The van der Waals surface area contributed by atoms with Gasteiger partial charge in [0.1, 0.15) is 11.9 Å². The predicted molar refractivity (Wildman–Crippen MR) is 76.2 cm³/mol. The molecule has 0 aliphatic heterocycles. The lowest BCUT2D eigenvalue weighted by Crippen LogP contribution is -2.44. The van der Waals surface area contributed by atoms with Crippen molar-refractivity contribution in [3.63, 3.8) is 0 Å². The third kappa shape index (κ3) is 4.27. The fraction of sp³-hybridized carbons (Fsp3) is 0.667. The summed E-state index contributed by atoms with van der Waals surface area (Å²) in [6, 6.07) is 3.45. The van der Waals surface area contributed by atoms with Gasteiger partial charge in [-0.3, -0.25) is 0 Å². The van der Waals surface area contributed by atoms with Crippen molar-refractivity contribution in [1.82, 2.24) is 10.6 Å². The molecule has 0 saturated heterocycles. The van der Waals surface area contributed by atoms with Gasteiger partial charge in [-0.15, -0.1) is 0 Å². The minimum Gasteiger partial charge on any atom is -0.467 e. The zero-order chi connectivity index (χ0) is 14.4. The maximum atomic E-state index is 11.8. The molecule has 0 radical (unpaired) electrons. The van der Waals surface area contributed by atoms with Crippen molar-refractivity contribution in [1.29, 1.82) is 0 Å². The normalized spacial score (nSPS) is 24.1. The predicted octanol–water partition coefficient (Wildman–Crippen LogP) is 2.58. The Morgan fingerprint density at radius 2 is 2.20 bits per heavy atom. The van der Waals surface area contributed by atoms with Crippen LogP contribution in [-0.4, -0.2) is 23.7 Å². The lowest BCUT2D eigenvalue weighted by atomic mass is 9.85. The van der Waals surface area contributed by atoms with Crippen molar-refractivity contribution in [2.75, 3.05) is 6.54 Å². The molecule has 1 saturated carbocycles. The number of furan rings is 1. The standard InChI is InChI=1S/C15H24N2O3/c1-2-11-5-7-12(8-6-11)17-15(19)16-10-13(18)14-4-3-9-20-14/h3-4,9,11-13,18H,2,5-8,10H2,1H3,(H2,16,17,19). The van der Waals surface area contributed by atoms with Crippen LogP contribution in [0.25, 0.3) is 0 Å². The van der Waals surface area contributed by atoms with Gasteiger partial charge in [0.25, 0.3) is 0 Å². The number of aliphatic hydroxyl groups is 1. The summed E-state index contributed by atoms with van der Waals surface area (Å²) in [6.45, 7) is 2.38. The number of amides is 2. The topological polar surface area (TPSA) is 74.5 Å². The lowest BCUT2D eigenvalue weighted by molar-refractivity contribution is 0.147. The van der Waals surface area contributed by atoms with E-state index in [-0.39, 0.29) is 18.6 Å². The third-order valence-electron chi connectivity index (χ3n) is 4.09. The highest BCUT2D eigenvalue weighted by Gasteiger charge is 2.21. The second-order valence-corrected chi connectivity index (χ2v) is 5.51. The molecule has 2 amide bonds. The zero-order valence-corrected chi connectivity index (χ0v) is 12.0. The Balaban J connectivity index is 1.66. The van der Waals surface area contributed by atoms with E-state index in [4.69, 9.17) is 4.42 Å². The van der Waals surface area contributed by atoms with Gasteiger partial charge in [-0.1, -0.05) is 13.3 Å². The second kappa shape index (κ2) is 7.33. The minimum absolute atomic E-state index is 0.156. The van der Waals surface area contributed by atoms with Gasteiger partial charge in [0, 0.05) is 6.04 Å². The van der Waals surface area contributed by atoms with Gasteiger partial charge in [-0.2, -0.15) is 0 Å². The Morgan fingerprint density at radius 1 is 1.45 bits per heavy atom. The van der Waals surface area contributed by atoms with Crippen LogP contribution in [0.1, 0.15) is 50.9 Å². The molecule has 1 atom stereocenters. The molecule has 1 aromatic heterocycles. The number of carbonyl (C=O) groups excluding carboxylic acids is 1. The van der Waals surface area contributed by atoms with Gasteiger partial charge in [-0.05, 0) is 43.7 Å². The summed E-state index contributed by atoms with van der Waals surface area (Å²) >= 11 is 0. The second-order valence-electron chi connectivity index (χ2n) is 5.51. The Hall–Kier alpha value is -1.49. The molecule has 112 valence electrons. The highest BCUT2D eigenvalue weighted by Crippen LogP contribution is 2.26. The van der Waals surface area contributed by atoms with E-state index >= 15 is 0 Å². The first kappa shape index (κ1) is 14.9. The maximum Gasteiger partial charge on any atom is 0.315 e. The molecule has 0 bridgehead atoms. The van der Waals surface area contributed by atoms with E-state index in [9.17, 15) is 9.90 Å². The number of aliphatic hydroxyl groups excluding tert-OH is 1. The first-order valence-corrected chi connectivity index (χ1v) is 7.44. The number of hydrogen-bond donors (Lipinski definition) is 3. The maximum absolute atomic E-state index is 11.8. The number of nitrogens with one attached hydrogen (secondary N) is 2. The molecule has 2 rings (SSSR count). The number of hydrogen-bond acceptors (Lipinski definition) is 3. The van der Waals surface area contributed by atoms with Crippen LogP contribution in [0, 0.1) is 5.92 Å². The largest absolute Gasteiger partial charge is 0.467 e. The average molecular weight is 280 g/mol. The van der Waals surface area contributed by atoms with E-state index in [1.54, 1.807) is 12.1 Å². The van der Waals surface area contributed by atoms with E-state index in [2.05, 4.69) is 17.6 Å². The number of rotatable bonds is 5. The lowest BCUT2D eigenvalue weighted by Gasteiger charge is -2.28. The summed E-state index contributed by atoms with van der Waals surface area (Å²) < 4.78 is 5.08. The molecule has 1 unspecified atom stereocenters. The minimum atomic E-state index is -0.799. The Kier molecular flexibility index (Phi) is 5.47. The molecular weight excluding hydrogens is 256 g/mol. The zero-order valence-electron chi connectivity index (χ0n) is 12.0. The van der Waals surface area contributed by atoms with Gasteiger partial charge in [0.2, 0.25) is 0 Å². The van der Waals surface area contributed by atoms with Gasteiger partial charge < -0.3 is 20.2 Å². The number of urea groups is 1. The number of carbonyl (C=O) groups is 1. The van der Waals surface area contributed by atoms with Crippen LogP contribution in [0.5, 0.6) is 0 Å². The third-order valence-corrected chi connectivity index (χ3v) is 4.09. The molecule has 1 fully saturated rings. The molecule has 1 aliphatic rings. The summed E-state index contributed by atoms with van der Waals surface area (Å²) in [5.41, 5.74) is 0. The summed E-state index contributed by atoms with van der Waals surface area (Å²) in [6.07, 6.45) is 6.41. The highest BCUT2D eigenvalue weighted by molar-refractivity contribution is 5.74. The summed E-state index contributed by atoms with van der Waals surface area (Å²) in [5, 5.41) is 15.5. The molecule has 0 spiro atoms. The van der Waals surface area contributed by atoms with Crippen molar-refractivity contribution in [2.45, 2.75) is 51.2 Å². The summed E-state index contributed by atoms with van der Waals surface area (Å²) in [7, 11) is 0. The fourth-order valence-corrected chi connectivity index (χ4v) is 2.72. The molecule has 1 heterocycles. The van der Waals surface area contributed by atoms with E-state index in [0.29, 0.717) is 5.76 Å².